The molecule has 5 heteroatoms. The van der Waals surface area contributed by atoms with Gasteiger partial charge in [-0.2, -0.15) is 0 Å². The van der Waals surface area contributed by atoms with Crippen LogP contribution in [0.2, 0.25) is 5.02 Å². The molecule has 4 nitrogen and oxygen atoms in total. The number of amides is 1. The lowest BCUT2D eigenvalue weighted by molar-refractivity contribution is -0.131. The van der Waals surface area contributed by atoms with Crippen molar-refractivity contribution in [1.29, 1.82) is 0 Å². The van der Waals surface area contributed by atoms with Crippen LogP contribution in [0, 0.1) is 13.8 Å². The van der Waals surface area contributed by atoms with Crippen LogP contribution in [-0.4, -0.2) is 27.4 Å². The van der Waals surface area contributed by atoms with E-state index in [-0.39, 0.29) is 12.5 Å². The van der Waals surface area contributed by atoms with Crippen LogP contribution in [0.4, 0.5) is 0 Å². The van der Waals surface area contributed by atoms with Crippen molar-refractivity contribution >= 4 is 28.5 Å². The molecule has 1 aromatic heterocycles. The molecule has 4 aromatic rings. The predicted molar refractivity (Wildman–Crippen MR) is 126 cm³/mol. The van der Waals surface area contributed by atoms with Gasteiger partial charge < -0.3 is 9.47 Å². The number of hydrogen-bond donors (Lipinski definition) is 0. The van der Waals surface area contributed by atoms with Gasteiger partial charge in [-0.25, -0.2) is 4.98 Å². The Hall–Kier alpha value is -3.11. The quantitative estimate of drug-likeness (QED) is 0.401. The van der Waals surface area contributed by atoms with Crippen molar-refractivity contribution in [2.75, 3.05) is 7.05 Å². The summed E-state index contributed by atoms with van der Waals surface area (Å²) in [6.45, 7) is 4.98. The number of carbonyl (C=O) groups is 1. The van der Waals surface area contributed by atoms with Crippen LogP contribution in [0.5, 0.6) is 0 Å². The highest BCUT2D eigenvalue weighted by Gasteiger charge is 2.18. The van der Waals surface area contributed by atoms with Crippen LogP contribution in [-0.2, 0) is 24.3 Å². The highest BCUT2D eigenvalue weighted by atomic mass is 35.5. The van der Waals surface area contributed by atoms with Crippen LogP contribution >= 0.6 is 11.6 Å². The van der Waals surface area contributed by atoms with Gasteiger partial charge in [0, 0.05) is 25.0 Å². The number of rotatable bonds is 6. The second kappa shape index (κ2) is 8.94. The van der Waals surface area contributed by atoms with Crippen LogP contribution in [0.15, 0.2) is 66.7 Å². The first-order valence-electron chi connectivity index (χ1n) is 10.4. The maximum Gasteiger partial charge on any atom is 0.242 e. The van der Waals surface area contributed by atoms with E-state index in [4.69, 9.17) is 16.6 Å². The first kappa shape index (κ1) is 21.1. The van der Waals surface area contributed by atoms with Gasteiger partial charge in [0.15, 0.2) is 0 Å². The fourth-order valence-electron chi connectivity index (χ4n) is 3.75. The molecule has 3 aromatic carbocycles. The maximum absolute atomic E-state index is 13.1. The van der Waals surface area contributed by atoms with E-state index in [1.165, 1.54) is 11.1 Å². The summed E-state index contributed by atoms with van der Waals surface area (Å²) in [5.74, 6) is 0.886. The molecule has 31 heavy (non-hydrogen) atoms. The second-order valence-corrected chi connectivity index (χ2v) is 8.45. The zero-order chi connectivity index (χ0) is 22.0. The number of carbonyl (C=O) groups excluding carboxylic acids is 1. The van der Waals surface area contributed by atoms with Gasteiger partial charge in [-0.05, 0) is 54.3 Å². The molecule has 0 fully saturated rings. The van der Waals surface area contributed by atoms with E-state index in [1.54, 1.807) is 4.90 Å². The van der Waals surface area contributed by atoms with Gasteiger partial charge in [-0.15, -0.1) is 0 Å². The molecule has 0 aliphatic rings. The molecular formula is C26H26ClN3O. The number of hydrogen-bond acceptors (Lipinski definition) is 2. The summed E-state index contributed by atoms with van der Waals surface area (Å²) in [5, 5.41) is 0.709. The Balaban J connectivity index is 1.68. The van der Waals surface area contributed by atoms with Crippen LogP contribution in [0.1, 0.15) is 28.1 Å². The average Bonchev–Trinajstić information content (AvgIpc) is 3.06. The summed E-state index contributed by atoms with van der Waals surface area (Å²) in [4.78, 5) is 19.8. The third-order valence-corrected chi connectivity index (χ3v) is 6.10. The predicted octanol–water partition coefficient (Wildman–Crippen LogP) is 5.56. The fourth-order valence-corrected chi connectivity index (χ4v) is 3.96. The van der Waals surface area contributed by atoms with Crippen molar-refractivity contribution in [3.05, 3.63) is 99.8 Å². The molecule has 0 bridgehead atoms. The summed E-state index contributed by atoms with van der Waals surface area (Å²) in [6.07, 6.45) is 0.572. The van der Waals surface area contributed by atoms with E-state index in [1.807, 2.05) is 66.2 Å². The van der Waals surface area contributed by atoms with Crippen molar-refractivity contribution < 1.29 is 4.79 Å². The zero-order valence-electron chi connectivity index (χ0n) is 18.1. The van der Waals surface area contributed by atoms with Gasteiger partial charge in [0.25, 0.3) is 0 Å². The molecule has 4 rings (SSSR count). The Morgan fingerprint density at radius 1 is 1.00 bits per heavy atom. The number of nitrogens with zero attached hydrogens (tertiary/aromatic N) is 3. The normalized spacial score (nSPS) is 11.1. The number of imidazole rings is 1. The molecule has 0 atom stereocenters. The summed E-state index contributed by atoms with van der Waals surface area (Å²) >= 11 is 6.41. The number of aryl methyl sites for hydroxylation is 2. The molecule has 0 N–H and O–H groups in total. The fraction of sp³-hybridized carbons (Fsp3) is 0.231. The number of fused-ring (bicyclic) bond motifs is 1. The van der Waals surface area contributed by atoms with Gasteiger partial charge in [-0.1, -0.05) is 60.1 Å². The average molecular weight is 432 g/mol. The Morgan fingerprint density at radius 2 is 1.68 bits per heavy atom. The number of aromatic nitrogens is 2. The molecule has 0 aliphatic heterocycles. The standard InChI is InChI=1S/C26H26ClN3O/c1-18-13-23-24(14-19(18)2)30(25(28-23)15-21-11-7-8-12-22(21)27)17-26(31)29(3)16-20-9-5-4-6-10-20/h4-14H,15-17H2,1-3H3. The Bertz CT molecular complexity index is 1230. The summed E-state index contributed by atoms with van der Waals surface area (Å²) in [7, 11) is 1.84. The highest BCUT2D eigenvalue weighted by molar-refractivity contribution is 6.31. The number of halogens is 1. The van der Waals surface area contributed by atoms with E-state index < -0.39 is 0 Å². The van der Waals surface area contributed by atoms with Gasteiger partial charge in [0.05, 0.1) is 11.0 Å². The largest absolute Gasteiger partial charge is 0.340 e. The molecule has 1 amide bonds. The van der Waals surface area contributed by atoms with Crippen molar-refractivity contribution in [3.63, 3.8) is 0 Å². The molecule has 0 spiro atoms. The molecule has 1 heterocycles. The SMILES string of the molecule is Cc1cc2nc(Cc3ccccc3Cl)n(CC(=O)N(C)Cc3ccccc3)c2cc1C. The van der Waals surface area contributed by atoms with Crippen LogP contribution in [0.25, 0.3) is 11.0 Å². The van der Waals surface area contributed by atoms with Gasteiger partial charge in [0.1, 0.15) is 12.4 Å². The van der Waals surface area contributed by atoms with E-state index in [9.17, 15) is 4.79 Å². The summed E-state index contributed by atoms with van der Waals surface area (Å²) < 4.78 is 2.04. The van der Waals surface area contributed by atoms with Gasteiger partial charge >= 0.3 is 0 Å². The third-order valence-electron chi connectivity index (χ3n) is 5.73. The van der Waals surface area contributed by atoms with E-state index in [0.717, 1.165) is 28.0 Å². The van der Waals surface area contributed by atoms with Crippen LogP contribution < -0.4 is 0 Å². The first-order chi connectivity index (χ1) is 14.9. The minimum absolute atomic E-state index is 0.0433. The van der Waals surface area contributed by atoms with Crippen molar-refractivity contribution in [2.24, 2.45) is 0 Å². The zero-order valence-corrected chi connectivity index (χ0v) is 18.9. The lowest BCUT2D eigenvalue weighted by atomic mass is 10.1. The van der Waals surface area contributed by atoms with Crippen LogP contribution in [0.3, 0.4) is 0 Å². The summed E-state index contributed by atoms with van der Waals surface area (Å²) in [6, 6.07) is 22.0. The van der Waals surface area contributed by atoms with Crippen molar-refractivity contribution in [2.45, 2.75) is 33.4 Å². The molecule has 0 unspecified atom stereocenters. The molecule has 0 radical (unpaired) electrons. The van der Waals surface area contributed by atoms with Gasteiger partial charge in [0.2, 0.25) is 5.91 Å². The monoisotopic (exact) mass is 431 g/mol. The smallest absolute Gasteiger partial charge is 0.242 e. The molecule has 0 saturated carbocycles. The number of benzene rings is 3. The highest BCUT2D eigenvalue weighted by Crippen LogP contribution is 2.25. The Labute approximate surface area is 188 Å². The third kappa shape index (κ3) is 4.64. The second-order valence-electron chi connectivity index (χ2n) is 8.04. The van der Waals surface area contributed by atoms with E-state index >= 15 is 0 Å². The topological polar surface area (TPSA) is 38.1 Å². The Morgan fingerprint density at radius 3 is 2.42 bits per heavy atom. The number of likely N-dealkylation sites (N-methyl/N-ethyl adjacent to an activating group) is 1. The Kier molecular flexibility index (Phi) is 6.10. The molecular weight excluding hydrogens is 406 g/mol. The van der Waals surface area contributed by atoms with Gasteiger partial charge in [-0.3, -0.25) is 4.79 Å². The summed E-state index contributed by atoms with van der Waals surface area (Å²) in [5.41, 5.74) is 6.36. The lowest BCUT2D eigenvalue weighted by Crippen LogP contribution is -2.30. The molecule has 0 saturated heterocycles. The van der Waals surface area contributed by atoms with E-state index in [2.05, 4.69) is 26.0 Å². The van der Waals surface area contributed by atoms with Crippen molar-refractivity contribution in [3.8, 4) is 0 Å². The maximum atomic E-state index is 13.1. The molecule has 158 valence electrons. The van der Waals surface area contributed by atoms with Crippen molar-refractivity contribution in [1.82, 2.24) is 14.5 Å². The van der Waals surface area contributed by atoms with E-state index in [0.29, 0.717) is 18.0 Å². The molecule has 0 aliphatic carbocycles. The lowest BCUT2D eigenvalue weighted by Gasteiger charge is -2.19. The minimum Gasteiger partial charge on any atom is -0.340 e. The first-order valence-corrected chi connectivity index (χ1v) is 10.8. The minimum atomic E-state index is 0.0433.